The van der Waals surface area contributed by atoms with Gasteiger partial charge in [-0.15, -0.1) is 11.3 Å². The van der Waals surface area contributed by atoms with Crippen LogP contribution in [0.3, 0.4) is 0 Å². The Morgan fingerprint density at radius 3 is 2.57 bits per heavy atom. The lowest BCUT2D eigenvalue weighted by Gasteiger charge is -2.37. The number of nitrogens with zero attached hydrogens (tertiary/aromatic N) is 1. The van der Waals surface area contributed by atoms with E-state index in [0.717, 1.165) is 18.8 Å². The van der Waals surface area contributed by atoms with E-state index in [1.807, 2.05) is 19.1 Å². The zero-order valence-corrected chi connectivity index (χ0v) is 16.8. The Balaban J connectivity index is 1.70. The van der Waals surface area contributed by atoms with Gasteiger partial charge in [-0.2, -0.15) is 0 Å². The summed E-state index contributed by atoms with van der Waals surface area (Å²) in [4.78, 5) is 13.8. The summed E-state index contributed by atoms with van der Waals surface area (Å²) in [6, 6.07) is 17.0. The Labute approximate surface area is 169 Å². The normalized spacial score (nSPS) is 16.9. The molecular weight excluding hydrogens is 370 g/mol. The highest BCUT2D eigenvalue weighted by Crippen LogP contribution is 2.39. The van der Waals surface area contributed by atoms with E-state index in [0.29, 0.717) is 19.4 Å². The Morgan fingerprint density at radius 2 is 1.89 bits per heavy atom. The number of ether oxygens (including phenoxy) is 1. The molecule has 0 bridgehead atoms. The van der Waals surface area contributed by atoms with Crippen molar-refractivity contribution in [1.82, 2.24) is 4.90 Å². The van der Waals surface area contributed by atoms with Crippen molar-refractivity contribution in [3.63, 3.8) is 0 Å². The fourth-order valence-electron chi connectivity index (χ4n) is 4.11. The number of benzene rings is 2. The first-order valence-corrected chi connectivity index (χ1v) is 10.7. The lowest BCUT2D eigenvalue weighted by molar-refractivity contribution is -0.143. The average molecular weight is 396 g/mol. The van der Waals surface area contributed by atoms with Gasteiger partial charge in [0.15, 0.2) is 0 Å². The maximum atomic E-state index is 11.4. The van der Waals surface area contributed by atoms with Crippen LogP contribution in [0.5, 0.6) is 5.75 Å². The lowest BCUT2D eigenvalue weighted by atomic mass is 9.91. The lowest BCUT2D eigenvalue weighted by Crippen LogP contribution is -2.39. The number of carboxylic acid groups (broad SMARTS) is 1. The summed E-state index contributed by atoms with van der Waals surface area (Å²) in [6.07, 6.45) is 1.40. The largest absolute Gasteiger partial charge is 0.494 e. The number of thiophene rings is 1. The monoisotopic (exact) mass is 395 g/mol. The molecule has 4 rings (SSSR count). The number of carbonyl (C=O) groups is 1. The zero-order chi connectivity index (χ0) is 19.5. The highest BCUT2D eigenvalue weighted by Gasteiger charge is 2.31. The molecule has 0 spiro atoms. The van der Waals surface area contributed by atoms with Crippen molar-refractivity contribution in [2.45, 2.75) is 25.8 Å². The molecule has 1 aliphatic rings. The summed E-state index contributed by atoms with van der Waals surface area (Å²) in [6.45, 7) is 4.22. The molecule has 5 heteroatoms. The third-order valence-corrected chi connectivity index (χ3v) is 6.54. The van der Waals surface area contributed by atoms with E-state index in [2.05, 4.69) is 46.7 Å². The van der Waals surface area contributed by atoms with Crippen LogP contribution in [-0.2, 0) is 4.79 Å². The molecule has 1 unspecified atom stereocenters. The van der Waals surface area contributed by atoms with Crippen molar-refractivity contribution in [2.75, 3.05) is 19.7 Å². The molecule has 1 fully saturated rings. The van der Waals surface area contributed by atoms with Crippen LogP contribution in [0, 0.1) is 5.92 Å². The predicted octanol–water partition coefficient (Wildman–Crippen LogP) is 5.19. The summed E-state index contributed by atoms with van der Waals surface area (Å²) < 4.78 is 6.90. The Bertz CT molecular complexity index is 942. The number of likely N-dealkylation sites (tertiary alicyclic amines) is 1. The molecule has 1 N–H and O–H groups in total. The van der Waals surface area contributed by atoms with Gasteiger partial charge in [0.25, 0.3) is 0 Å². The van der Waals surface area contributed by atoms with Gasteiger partial charge < -0.3 is 9.84 Å². The fourth-order valence-corrected chi connectivity index (χ4v) is 5.09. The quantitative estimate of drug-likeness (QED) is 0.624. The van der Waals surface area contributed by atoms with Gasteiger partial charge in [-0.3, -0.25) is 9.69 Å². The van der Waals surface area contributed by atoms with Crippen LogP contribution in [-0.4, -0.2) is 35.7 Å². The van der Waals surface area contributed by atoms with Crippen molar-refractivity contribution in [3.05, 3.63) is 65.0 Å². The van der Waals surface area contributed by atoms with Gasteiger partial charge in [0.2, 0.25) is 0 Å². The van der Waals surface area contributed by atoms with Gasteiger partial charge >= 0.3 is 5.97 Å². The van der Waals surface area contributed by atoms with Crippen LogP contribution < -0.4 is 4.74 Å². The van der Waals surface area contributed by atoms with E-state index in [1.165, 1.54) is 21.2 Å². The van der Waals surface area contributed by atoms with Gasteiger partial charge in [0.1, 0.15) is 5.75 Å². The average Bonchev–Trinajstić information content (AvgIpc) is 3.14. The van der Waals surface area contributed by atoms with E-state index in [9.17, 15) is 9.90 Å². The van der Waals surface area contributed by atoms with E-state index in [4.69, 9.17) is 4.74 Å². The minimum Gasteiger partial charge on any atom is -0.494 e. The number of piperidine rings is 1. The summed E-state index contributed by atoms with van der Waals surface area (Å²) in [5.41, 5.74) is 2.53. The van der Waals surface area contributed by atoms with Gasteiger partial charge in [0, 0.05) is 4.70 Å². The minimum absolute atomic E-state index is 0.126. The standard InChI is InChI=1S/C23H25NO3S/c1-2-27-18-9-7-16(8-10-18)22(24-13-11-17(12-14-24)23(25)26)20-15-28-21-6-4-3-5-19(20)21/h3-10,15,17,22H,2,11-14H2,1H3,(H,25,26). The maximum Gasteiger partial charge on any atom is 0.306 e. The second-order valence-electron chi connectivity index (χ2n) is 7.24. The SMILES string of the molecule is CCOc1ccc(C(c2csc3ccccc23)N2CCC(C(=O)O)CC2)cc1. The summed E-state index contributed by atoms with van der Waals surface area (Å²) >= 11 is 1.77. The van der Waals surface area contributed by atoms with Crippen LogP contribution in [0.2, 0.25) is 0 Å². The summed E-state index contributed by atoms with van der Waals surface area (Å²) in [7, 11) is 0. The predicted molar refractivity (Wildman–Crippen MR) is 113 cm³/mol. The van der Waals surface area contributed by atoms with Gasteiger partial charge in [0.05, 0.1) is 18.6 Å². The Kier molecular flexibility index (Phi) is 5.64. The number of fused-ring (bicyclic) bond motifs is 1. The molecule has 1 atom stereocenters. The topological polar surface area (TPSA) is 49.8 Å². The Morgan fingerprint density at radius 1 is 1.18 bits per heavy atom. The fraction of sp³-hybridized carbons (Fsp3) is 0.348. The molecule has 1 aliphatic heterocycles. The third kappa shape index (κ3) is 3.77. The number of aliphatic carboxylic acids is 1. The van der Waals surface area contributed by atoms with Crippen molar-refractivity contribution < 1.29 is 14.6 Å². The third-order valence-electron chi connectivity index (χ3n) is 5.56. The molecule has 0 radical (unpaired) electrons. The van der Waals surface area contributed by atoms with Crippen LogP contribution >= 0.6 is 11.3 Å². The van der Waals surface area contributed by atoms with Gasteiger partial charge in [-0.05, 0) is 72.9 Å². The molecule has 2 heterocycles. The number of carboxylic acids is 1. The first kappa shape index (κ1) is 19.0. The van der Waals surface area contributed by atoms with Gasteiger partial charge in [-0.1, -0.05) is 30.3 Å². The molecule has 4 nitrogen and oxygen atoms in total. The van der Waals surface area contributed by atoms with Crippen molar-refractivity contribution >= 4 is 27.4 Å². The highest BCUT2D eigenvalue weighted by molar-refractivity contribution is 7.17. The molecule has 28 heavy (non-hydrogen) atoms. The molecule has 146 valence electrons. The second-order valence-corrected chi connectivity index (χ2v) is 8.15. The summed E-state index contributed by atoms with van der Waals surface area (Å²) in [5.74, 6) is -0.0144. The molecular formula is C23H25NO3S. The van der Waals surface area contributed by atoms with Crippen LogP contribution in [0.1, 0.15) is 36.9 Å². The number of rotatable bonds is 6. The molecule has 1 saturated heterocycles. The number of hydrogen-bond donors (Lipinski definition) is 1. The minimum atomic E-state index is -0.668. The molecule has 0 saturated carbocycles. The van der Waals surface area contributed by atoms with Crippen molar-refractivity contribution in [3.8, 4) is 5.75 Å². The van der Waals surface area contributed by atoms with Crippen molar-refractivity contribution in [1.29, 1.82) is 0 Å². The van der Waals surface area contributed by atoms with Crippen LogP contribution in [0.4, 0.5) is 0 Å². The number of hydrogen-bond acceptors (Lipinski definition) is 4. The van der Waals surface area contributed by atoms with Crippen molar-refractivity contribution in [2.24, 2.45) is 5.92 Å². The highest BCUT2D eigenvalue weighted by atomic mass is 32.1. The molecule has 0 amide bonds. The molecule has 3 aromatic rings. The van der Waals surface area contributed by atoms with Gasteiger partial charge in [-0.25, -0.2) is 0 Å². The zero-order valence-electron chi connectivity index (χ0n) is 16.0. The molecule has 2 aromatic carbocycles. The first-order chi connectivity index (χ1) is 13.7. The summed E-state index contributed by atoms with van der Waals surface area (Å²) in [5, 5.41) is 12.9. The van der Waals surface area contributed by atoms with E-state index in [1.54, 1.807) is 11.3 Å². The first-order valence-electron chi connectivity index (χ1n) is 9.83. The second kappa shape index (κ2) is 8.33. The van der Waals surface area contributed by atoms with E-state index >= 15 is 0 Å². The maximum absolute atomic E-state index is 11.4. The van der Waals surface area contributed by atoms with Crippen LogP contribution in [0.25, 0.3) is 10.1 Å². The van der Waals surface area contributed by atoms with Crippen LogP contribution in [0.15, 0.2) is 53.9 Å². The Hall–Kier alpha value is -2.37. The smallest absolute Gasteiger partial charge is 0.306 e. The molecule has 0 aliphatic carbocycles. The molecule has 1 aromatic heterocycles. The van der Waals surface area contributed by atoms with E-state index < -0.39 is 5.97 Å². The van der Waals surface area contributed by atoms with E-state index in [-0.39, 0.29) is 12.0 Å².